The summed E-state index contributed by atoms with van der Waals surface area (Å²) in [5.74, 6) is 1.31. The van der Waals surface area contributed by atoms with Crippen LogP contribution in [0.25, 0.3) is 0 Å². The first-order valence-corrected chi connectivity index (χ1v) is 6.92. The third-order valence-corrected chi connectivity index (χ3v) is 5.08. The second kappa shape index (κ2) is 4.34. The van der Waals surface area contributed by atoms with E-state index >= 15 is 0 Å². The quantitative estimate of drug-likeness (QED) is 0.698. The zero-order valence-electron chi connectivity index (χ0n) is 9.65. The highest BCUT2D eigenvalue weighted by Crippen LogP contribution is 2.47. The molecule has 0 unspecified atom stereocenters. The molecule has 3 atom stereocenters. The Balaban J connectivity index is 1.69. The lowest BCUT2D eigenvalue weighted by molar-refractivity contribution is -0.137. The zero-order valence-corrected chi connectivity index (χ0v) is 10.5. The van der Waals surface area contributed by atoms with E-state index in [9.17, 15) is 13.2 Å². The van der Waals surface area contributed by atoms with Crippen LogP contribution in [0.5, 0.6) is 0 Å². The molecule has 1 saturated carbocycles. The van der Waals surface area contributed by atoms with Crippen LogP contribution < -0.4 is 0 Å². The van der Waals surface area contributed by atoms with Crippen molar-refractivity contribution in [3.8, 4) is 0 Å². The smallest absolute Gasteiger partial charge is 0.166 e. The predicted octanol–water partition coefficient (Wildman–Crippen LogP) is 4.76. The van der Waals surface area contributed by atoms with Gasteiger partial charge >= 0.3 is 6.18 Å². The second-order valence-electron chi connectivity index (χ2n) is 4.96. The molecular weight excluding hydrogens is 257 g/mol. The topological polar surface area (TPSA) is 0 Å². The van der Waals surface area contributed by atoms with Crippen molar-refractivity contribution in [3.63, 3.8) is 0 Å². The molecule has 1 aromatic rings. The summed E-state index contributed by atoms with van der Waals surface area (Å²) >= 11 is 1.72. The number of hydrogen-bond donors (Lipinski definition) is 0. The van der Waals surface area contributed by atoms with E-state index in [2.05, 4.69) is 12.2 Å². The number of alkyl halides is 3. The van der Waals surface area contributed by atoms with Gasteiger partial charge in [-0.15, -0.1) is 11.8 Å². The highest BCUT2D eigenvalue weighted by Gasteiger charge is 2.36. The lowest BCUT2D eigenvalue weighted by Crippen LogP contribution is -2.09. The number of hydrogen-bond acceptors (Lipinski definition) is 1. The first-order valence-electron chi connectivity index (χ1n) is 6.04. The van der Waals surface area contributed by atoms with Gasteiger partial charge in [0.1, 0.15) is 0 Å². The molecule has 0 aromatic heterocycles. The molecule has 0 heterocycles. The van der Waals surface area contributed by atoms with Crippen molar-refractivity contribution in [1.82, 2.24) is 0 Å². The molecule has 0 saturated heterocycles. The predicted molar refractivity (Wildman–Crippen MR) is 66.4 cm³/mol. The molecule has 1 fully saturated rings. The van der Waals surface area contributed by atoms with Gasteiger partial charge in [0.15, 0.2) is 0 Å². The van der Waals surface area contributed by atoms with Crippen LogP contribution in [0.15, 0.2) is 41.3 Å². The standard InChI is InChI=1S/C14H13F3S/c15-14(16,17)11-3-5-12(6-4-11)18-13-8-9-1-2-10(13)7-9/h1-6,9-10,13H,7-8H2/t9-,10+,13+/m1/s1. The van der Waals surface area contributed by atoms with E-state index in [1.807, 2.05) is 0 Å². The first kappa shape index (κ1) is 12.2. The van der Waals surface area contributed by atoms with Gasteiger partial charge in [-0.25, -0.2) is 0 Å². The van der Waals surface area contributed by atoms with Crippen LogP contribution in [0.2, 0.25) is 0 Å². The lowest BCUT2D eigenvalue weighted by atomic mass is 10.1. The molecule has 2 bridgehead atoms. The molecule has 1 aromatic carbocycles. The van der Waals surface area contributed by atoms with Crippen molar-refractivity contribution in [2.24, 2.45) is 11.8 Å². The van der Waals surface area contributed by atoms with Crippen molar-refractivity contribution >= 4 is 11.8 Å². The summed E-state index contributed by atoms with van der Waals surface area (Å²) in [4.78, 5) is 0.939. The maximum atomic E-state index is 12.4. The fourth-order valence-electron chi connectivity index (χ4n) is 2.76. The van der Waals surface area contributed by atoms with E-state index in [1.165, 1.54) is 18.6 Å². The van der Waals surface area contributed by atoms with Gasteiger partial charge in [-0.2, -0.15) is 13.2 Å². The average Bonchev–Trinajstić information content (AvgIpc) is 2.90. The highest BCUT2D eigenvalue weighted by molar-refractivity contribution is 8.00. The summed E-state index contributed by atoms with van der Waals surface area (Å²) < 4.78 is 37.3. The summed E-state index contributed by atoms with van der Waals surface area (Å²) in [7, 11) is 0. The third kappa shape index (κ3) is 2.30. The Hall–Kier alpha value is -0.900. The monoisotopic (exact) mass is 270 g/mol. The largest absolute Gasteiger partial charge is 0.416 e. The van der Waals surface area contributed by atoms with Gasteiger partial charge in [0, 0.05) is 10.1 Å². The molecule has 3 rings (SSSR count). The third-order valence-electron chi connectivity index (χ3n) is 3.69. The molecule has 0 N–H and O–H groups in total. The van der Waals surface area contributed by atoms with Crippen molar-refractivity contribution < 1.29 is 13.2 Å². The van der Waals surface area contributed by atoms with Crippen LogP contribution in [0, 0.1) is 11.8 Å². The van der Waals surface area contributed by atoms with Crippen molar-refractivity contribution in [1.29, 1.82) is 0 Å². The Morgan fingerprint density at radius 2 is 1.72 bits per heavy atom. The maximum Gasteiger partial charge on any atom is 0.416 e. The summed E-state index contributed by atoms with van der Waals surface area (Å²) in [6.07, 6.45) is 2.67. The molecule has 4 heteroatoms. The molecule has 2 aliphatic rings. The molecule has 2 aliphatic carbocycles. The molecule has 0 aliphatic heterocycles. The molecular formula is C14H13F3S. The van der Waals surface area contributed by atoms with Gasteiger partial charge < -0.3 is 0 Å². The van der Waals surface area contributed by atoms with Gasteiger partial charge in [-0.05, 0) is 48.9 Å². The van der Waals surface area contributed by atoms with Crippen LogP contribution in [-0.2, 0) is 6.18 Å². The van der Waals surface area contributed by atoms with Crippen LogP contribution in [0.4, 0.5) is 13.2 Å². The number of rotatable bonds is 2. The van der Waals surface area contributed by atoms with E-state index in [1.54, 1.807) is 23.9 Å². The number of thioether (sulfide) groups is 1. The molecule has 18 heavy (non-hydrogen) atoms. The molecule has 96 valence electrons. The van der Waals surface area contributed by atoms with E-state index < -0.39 is 11.7 Å². The van der Waals surface area contributed by atoms with E-state index in [4.69, 9.17) is 0 Å². The van der Waals surface area contributed by atoms with Crippen molar-refractivity contribution in [2.45, 2.75) is 29.2 Å². The highest BCUT2D eigenvalue weighted by atomic mass is 32.2. The van der Waals surface area contributed by atoms with E-state index in [0.717, 1.165) is 11.3 Å². The molecule has 0 amide bonds. The summed E-state index contributed by atoms with van der Waals surface area (Å²) in [6.45, 7) is 0. The SMILES string of the molecule is FC(F)(F)c1ccc(S[C@H]2C[C@@H]3C=C[C@H]2C3)cc1. The average molecular weight is 270 g/mol. The Morgan fingerprint density at radius 3 is 2.22 bits per heavy atom. The second-order valence-corrected chi connectivity index (χ2v) is 6.27. The van der Waals surface area contributed by atoms with Crippen LogP contribution in [0.1, 0.15) is 18.4 Å². The Labute approximate surface area is 108 Å². The molecule has 0 nitrogen and oxygen atoms in total. The molecule has 0 radical (unpaired) electrons. The Bertz CT molecular complexity index is 461. The van der Waals surface area contributed by atoms with E-state index in [-0.39, 0.29) is 0 Å². The van der Waals surface area contributed by atoms with Gasteiger partial charge in [-0.3, -0.25) is 0 Å². The van der Waals surface area contributed by atoms with Crippen molar-refractivity contribution in [3.05, 3.63) is 42.0 Å². The van der Waals surface area contributed by atoms with Gasteiger partial charge in [0.2, 0.25) is 0 Å². The maximum absolute atomic E-state index is 12.4. The molecule has 0 spiro atoms. The summed E-state index contributed by atoms with van der Waals surface area (Å²) in [6, 6.07) is 5.52. The van der Waals surface area contributed by atoms with Gasteiger partial charge in [-0.1, -0.05) is 12.2 Å². The van der Waals surface area contributed by atoms with Crippen LogP contribution >= 0.6 is 11.8 Å². The minimum atomic E-state index is -4.24. The minimum absolute atomic E-state index is 0.539. The fraction of sp³-hybridized carbons (Fsp3) is 0.429. The van der Waals surface area contributed by atoms with Gasteiger partial charge in [0.05, 0.1) is 5.56 Å². The first-order chi connectivity index (χ1) is 8.52. The number of fused-ring (bicyclic) bond motifs is 2. The number of benzene rings is 1. The normalized spacial score (nSPS) is 30.1. The minimum Gasteiger partial charge on any atom is -0.166 e. The lowest BCUT2D eigenvalue weighted by Gasteiger charge is -2.17. The van der Waals surface area contributed by atoms with Crippen LogP contribution in [0.3, 0.4) is 0 Å². The number of halogens is 3. The van der Waals surface area contributed by atoms with E-state index in [0.29, 0.717) is 17.1 Å². The Kier molecular flexibility index (Phi) is 2.93. The summed E-state index contributed by atoms with van der Waals surface area (Å²) in [5.41, 5.74) is -0.570. The Morgan fingerprint density at radius 1 is 1.00 bits per heavy atom. The van der Waals surface area contributed by atoms with Crippen LogP contribution in [-0.4, -0.2) is 5.25 Å². The fourth-order valence-corrected chi connectivity index (χ4v) is 4.13. The summed E-state index contributed by atoms with van der Waals surface area (Å²) in [5, 5.41) is 0.539. The van der Waals surface area contributed by atoms with Gasteiger partial charge in [0.25, 0.3) is 0 Å². The zero-order chi connectivity index (χ0) is 12.8. The number of allylic oxidation sites excluding steroid dienone is 2. The van der Waals surface area contributed by atoms with Crippen molar-refractivity contribution in [2.75, 3.05) is 0 Å².